The van der Waals surface area contributed by atoms with E-state index in [1.165, 1.54) is 180 Å². The number of amides is 1. The molecule has 0 aliphatic heterocycles. The number of phosphoric acid groups is 1. The maximum Gasteiger partial charge on any atom is 0.268 e. The van der Waals surface area contributed by atoms with Gasteiger partial charge >= 0.3 is 0 Å². The van der Waals surface area contributed by atoms with Crippen molar-refractivity contribution in [3.63, 3.8) is 0 Å². The van der Waals surface area contributed by atoms with Crippen LogP contribution in [0.3, 0.4) is 0 Å². The molecule has 0 heterocycles. The quantitative estimate of drug-likeness (QED) is 0.0273. The minimum atomic E-state index is -4.57. The van der Waals surface area contributed by atoms with Gasteiger partial charge in [0.1, 0.15) is 13.2 Å². The minimum Gasteiger partial charge on any atom is -0.756 e. The number of nitrogens with zero attached hydrogens (tertiary/aromatic N) is 1. The smallest absolute Gasteiger partial charge is 0.268 e. The lowest BCUT2D eigenvalue weighted by molar-refractivity contribution is -0.870. The molecule has 8 nitrogen and oxygen atoms in total. The first-order valence-electron chi connectivity index (χ1n) is 26.7. The van der Waals surface area contributed by atoms with Crippen LogP contribution in [-0.2, 0) is 18.4 Å². The van der Waals surface area contributed by atoms with Crippen molar-refractivity contribution in [2.45, 2.75) is 270 Å². The second-order valence-electron chi connectivity index (χ2n) is 19.6. The zero-order chi connectivity index (χ0) is 45.7. The van der Waals surface area contributed by atoms with E-state index >= 15 is 0 Å². The zero-order valence-corrected chi connectivity index (χ0v) is 42.7. The standard InChI is InChI=1S/C53H105N2O6P/c1-6-8-10-12-14-16-18-20-22-24-25-26-27-28-29-31-33-35-37-39-41-43-45-47-53(57)54-51(50-61-62(58,59)60-49-48-55(3,4)5)52(56)46-44-42-40-38-36-34-32-30-23-21-19-17-15-13-11-9-7-2/h25-26,28-29,51-52,56H,6-24,27,30-50H2,1-5H3,(H-,54,57,58,59)/b26-25-,29-28-. The third kappa shape index (κ3) is 47.0. The van der Waals surface area contributed by atoms with Crippen LogP contribution in [0.2, 0.25) is 0 Å². The molecule has 0 saturated carbocycles. The van der Waals surface area contributed by atoms with E-state index in [0.717, 1.165) is 51.4 Å². The molecule has 0 fully saturated rings. The summed E-state index contributed by atoms with van der Waals surface area (Å²) in [6.45, 7) is 4.74. The van der Waals surface area contributed by atoms with Gasteiger partial charge in [-0.05, 0) is 44.9 Å². The lowest BCUT2D eigenvalue weighted by atomic mass is 10.0. The Bertz CT molecular complexity index is 1060. The molecule has 2 N–H and O–H groups in total. The van der Waals surface area contributed by atoms with E-state index in [9.17, 15) is 19.4 Å². The maximum absolute atomic E-state index is 12.9. The Labute approximate surface area is 385 Å². The van der Waals surface area contributed by atoms with E-state index in [1.54, 1.807) is 0 Å². The fraction of sp³-hybridized carbons (Fsp3) is 0.906. The van der Waals surface area contributed by atoms with E-state index in [4.69, 9.17) is 9.05 Å². The molecule has 0 spiro atoms. The van der Waals surface area contributed by atoms with Gasteiger partial charge in [0.05, 0.1) is 39.9 Å². The molecule has 1 amide bonds. The van der Waals surface area contributed by atoms with Gasteiger partial charge in [-0.25, -0.2) is 0 Å². The van der Waals surface area contributed by atoms with Gasteiger partial charge in [-0.15, -0.1) is 0 Å². The van der Waals surface area contributed by atoms with Gasteiger partial charge in [0.2, 0.25) is 5.91 Å². The Balaban J connectivity index is 4.23. The average Bonchev–Trinajstić information content (AvgIpc) is 3.23. The summed E-state index contributed by atoms with van der Waals surface area (Å²) in [4.78, 5) is 25.5. The number of rotatable bonds is 49. The molecule has 62 heavy (non-hydrogen) atoms. The number of hydrogen-bond acceptors (Lipinski definition) is 6. The van der Waals surface area contributed by atoms with Gasteiger partial charge in [-0.1, -0.05) is 231 Å². The second kappa shape index (κ2) is 45.1. The number of phosphoric ester groups is 1. The Morgan fingerprint density at radius 3 is 1.34 bits per heavy atom. The first kappa shape index (κ1) is 61.0. The van der Waals surface area contributed by atoms with Crippen LogP contribution in [0.5, 0.6) is 0 Å². The number of hydrogen-bond donors (Lipinski definition) is 2. The highest BCUT2D eigenvalue weighted by Crippen LogP contribution is 2.38. The van der Waals surface area contributed by atoms with E-state index in [0.29, 0.717) is 23.9 Å². The number of allylic oxidation sites excluding steroid dienone is 4. The molecule has 0 aromatic rings. The van der Waals surface area contributed by atoms with Crippen molar-refractivity contribution in [3.05, 3.63) is 24.3 Å². The van der Waals surface area contributed by atoms with E-state index < -0.39 is 20.0 Å². The summed E-state index contributed by atoms with van der Waals surface area (Å²) in [7, 11) is 1.31. The molecular weight excluding hydrogens is 792 g/mol. The normalized spacial score (nSPS) is 14.2. The van der Waals surface area contributed by atoms with Gasteiger partial charge in [0.25, 0.3) is 7.82 Å². The van der Waals surface area contributed by atoms with Gasteiger partial charge in [0.15, 0.2) is 0 Å². The number of aliphatic hydroxyl groups is 1. The molecule has 0 radical (unpaired) electrons. The predicted molar refractivity (Wildman–Crippen MR) is 265 cm³/mol. The van der Waals surface area contributed by atoms with Gasteiger partial charge < -0.3 is 28.8 Å². The van der Waals surface area contributed by atoms with Crippen LogP contribution >= 0.6 is 7.82 Å². The third-order valence-electron chi connectivity index (χ3n) is 12.2. The molecule has 3 unspecified atom stereocenters. The summed E-state index contributed by atoms with van der Waals surface area (Å²) in [5, 5.41) is 14.0. The molecule has 0 aromatic heterocycles. The van der Waals surface area contributed by atoms with E-state index in [1.807, 2.05) is 21.1 Å². The summed E-state index contributed by atoms with van der Waals surface area (Å²) in [6.07, 6.45) is 54.8. The Kier molecular flexibility index (Phi) is 44.4. The van der Waals surface area contributed by atoms with E-state index in [-0.39, 0.29) is 19.1 Å². The predicted octanol–water partition coefficient (Wildman–Crippen LogP) is 15.0. The monoisotopic (exact) mass is 897 g/mol. The zero-order valence-electron chi connectivity index (χ0n) is 41.8. The lowest BCUT2D eigenvalue weighted by Crippen LogP contribution is -2.46. The largest absolute Gasteiger partial charge is 0.756 e. The van der Waals surface area contributed by atoms with Crippen LogP contribution in [-0.4, -0.2) is 68.5 Å². The molecule has 9 heteroatoms. The molecule has 3 atom stereocenters. The minimum absolute atomic E-state index is 0.0114. The lowest BCUT2D eigenvalue weighted by Gasteiger charge is -2.30. The molecular formula is C53H105N2O6P. The number of nitrogens with one attached hydrogen (secondary N) is 1. The first-order valence-corrected chi connectivity index (χ1v) is 28.1. The number of quaternary nitrogens is 1. The van der Waals surface area contributed by atoms with Crippen molar-refractivity contribution in [2.75, 3.05) is 40.9 Å². The van der Waals surface area contributed by atoms with Crippen LogP contribution in [0.15, 0.2) is 24.3 Å². The van der Waals surface area contributed by atoms with Gasteiger partial charge in [-0.3, -0.25) is 9.36 Å². The van der Waals surface area contributed by atoms with Gasteiger partial charge in [-0.2, -0.15) is 0 Å². The second-order valence-corrected chi connectivity index (χ2v) is 21.0. The molecule has 0 rings (SSSR count). The first-order chi connectivity index (χ1) is 30.0. The Morgan fingerprint density at radius 1 is 0.565 bits per heavy atom. The number of carbonyl (C=O) groups excluding carboxylic acids is 1. The molecule has 0 aliphatic carbocycles. The molecule has 0 aliphatic rings. The number of likely N-dealkylation sites (N-methyl/N-ethyl adjacent to an activating group) is 1. The van der Waals surface area contributed by atoms with Crippen LogP contribution in [0.4, 0.5) is 0 Å². The summed E-state index contributed by atoms with van der Waals surface area (Å²) >= 11 is 0. The van der Waals surface area contributed by atoms with E-state index in [2.05, 4.69) is 43.5 Å². The number of carbonyl (C=O) groups is 1. The summed E-state index contributed by atoms with van der Waals surface area (Å²) in [6, 6.07) is -0.803. The van der Waals surface area contributed by atoms with Crippen LogP contribution in [0, 0.1) is 0 Å². The highest BCUT2D eigenvalue weighted by molar-refractivity contribution is 7.45. The van der Waals surface area contributed by atoms with Crippen molar-refractivity contribution >= 4 is 13.7 Å². The van der Waals surface area contributed by atoms with Crippen LogP contribution < -0.4 is 10.2 Å². The maximum atomic E-state index is 12.9. The van der Waals surface area contributed by atoms with Crippen LogP contribution in [0.25, 0.3) is 0 Å². The molecule has 368 valence electrons. The van der Waals surface area contributed by atoms with Gasteiger partial charge in [0, 0.05) is 6.42 Å². The summed E-state index contributed by atoms with van der Waals surface area (Å²) in [5.74, 6) is -0.170. The van der Waals surface area contributed by atoms with Crippen molar-refractivity contribution in [3.8, 4) is 0 Å². The number of aliphatic hydroxyl groups excluding tert-OH is 1. The highest BCUT2D eigenvalue weighted by atomic mass is 31.2. The highest BCUT2D eigenvalue weighted by Gasteiger charge is 2.24. The SMILES string of the molecule is CCCCCCCCCCC/C=C\C/C=C\CCCCCCCCCC(=O)NC(COP(=O)([O-])OCC[N+](C)(C)C)C(O)CCCCCCCCCCCCCCCCCCC. The molecule has 0 aromatic carbocycles. The van der Waals surface area contributed by atoms with Crippen molar-refractivity contribution in [1.82, 2.24) is 5.32 Å². The molecule has 0 bridgehead atoms. The topological polar surface area (TPSA) is 108 Å². The van der Waals surface area contributed by atoms with Crippen LogP contribution in [0.1, 0.15) is 258 Å². The molecule has 0 saturated heterocycles. The third-order valence-corrected chi connectivity index (χ3v) is 13.2. The summed E-state index contributed by atoms with van der Waals surface area (Å²) in [5.41, 5.74) is 0. The van der Waals surface area contributed by atoms with Crippen molar-refractivity contribution < 1.29 is 32.9 Å². The average molecular weight is 897 g/mol. The van der Waals surface area contributed by atoms with Crippen molar-refractivity contribution in [2.24, 2.45) is 0 Å². The van der Waals surface area contributed by atoms with Crippen molar-refractivity contribution in [1.29, 1.82) is 0 Å². The number of unbranched alkanes of at least 4 members (excludes halogenated alkanes) is 32. The summed E-state index contributed by atoms with van der Waals surface area (Å²) < 4.78 is 23.4. The Morgan fingerprint density at radius 2 is 0.935 bits per heavy atom. The fourth-order valence-electron chi connectivity index (χ4n) is 7.95. The fourth-order valence-corrected chi connectivity index (χ4v) is 8.68. The Hall–Kier alpha value is -1.02.